The monoisotopic (exact) mass is 406 g/mol. The molecular formula is C20H27FN4O4. The van der Waals surface area contributed by atoms with E-state index in [9.17, 15) is 19.1 Å². The highest BCUT2D eigenvalue weighted by atomic mass is 19.1. The maximum atomic E-state index is 13.0. The van der Waals surface area contributed by atoms with E-state index in [1.165, 1.54) is 30.3 Å². The zero-order valence-corrected chi connectivity index (χ0v) is 16.9. The lowest BCUT2D eigenvalue weighted by molar-refractivity contribution is -0.112. The molecule has 0 aliphatic carbocycles. The summed E-state index contributed by atoms with van der Waals surface area (Å²) in [4.78, 5) is 27.8. The molecule has 8 nitrogen and oxygen atoms in total. The van der Waals surface area contributed by atoms with Crippen LogP contribution in [0.5, 0.6) is 0 Å². The first kappa shape index (κ1) is 22.4. The van der Waals surface area contributed by atoms with Crippen LogP contribution in [0.15, 0.2) is 36.0 Å². The van der Waals surface area contributed by atoms with E-state index in [-0.39, 0.29) is 11.4 Å². The maximum Gasteiger partial charge on any atom is 0.410 e. The van der Waals surface area contributed by atoms with Gasteiger partial charge in [-0.05, 0) is 45.0 Å². The molecule has 3 N–H and O–H groups in total. The predicted octanol–water partition coefficient (Wildman–Crippen LogP) is 2.21. The molecule has 0 saturated carbocycles. The van der Waals surface area contributed by atoms with Gasteiger partial charge in [0.1, 0.15) is 11.4 Å². The summed E-state index contributed by atoms with van der Waals surface area (Å²) >= 11 is 0. The third-order valence-corrected chi connectivity index (χ3v) is 4.12. The molecule has 2 amide bonds. The number of aliphatic hydroxyl groups excluding tert-OH is 1. The van der Waals surface area contributed by atoms with E-state index < -0.39 is 30.0 Å². The minimum absolute atomic E-state index is 0.107. The first-order chi connectivity index (χ1) is 13.6. The van der Waals surface area contributed by atoms with Crippen LogP contribution in [0, 0.1) is 11.2 Å². The van der Waals surface area contributed by atoms with Gasteiger partial charge >= 0.3 is 6.09 Å². The van der Waals surface area contributed by atoms with Gasteiger partial charge in [-0.25, -0.2) is 9.18 Å². The van der Waals surface area contributed by atoms with E-state index in [2.05, 4.69) is 5.32 Å². The maximum absolute atomic E-state index is 13.0. The molecule has 0 aromatic heterocycles. The summed E-state index contributed by atoms with van der Waals surface area (Å²) in [5.74, 6) is -0.913. The number of benzene rings is 1. The topological polar surface area (TPSA) is 106 Å². The Morgan fingerprint density at radius 1 is 1.17 bits per heavy atom. The lowest BCUT2D eigenvalue weighted by Gasteiger charge is -2.37. The lowest BCUT2D eigenvalue weighted by Crippen LogP contribution is -2.50. The van der Waals surface area contributed by atoms with E-state index >= 15 is 0 Å². The predicted molar refractivity (Wildman–Crippen MR) is 107 cm³/mol. The molecule has 29 heavy (non-hydrogen) atoms. The highest BCUT2D eigenvalue weighted by molar-refractivity contribution is 6.07. The summed E-state index contributed by atoms with van der Waals surface area (Å²) in [7, 11) is 0. The van der Waals surface area contributed by atoms with Crippen LogP contribution in [-0.4, -0.2) is 71.0 Å². The van der Waals surface area contributed by atoms with Crippen molar-refractivity contribution < 1.29 is 23.8 Å². The van der Waals surface area contributed by atoms with Crippen molar-refractivity contribution in [1.82, 2.24) is 9.80 Å². The number of halogens is 1. The highest BCUT2D eigenvalue weighted by Gasteiger charge is 2.27. The van der Waals surface area contributed by atoms with Crippen LogP contribution in [0.2, 0.25) is 0 Å². The molecule has 1 aliphatic heterocycles. The minimum atomic E-state index is -0.587. The molecule has 1 saturated heterocycles. The Kier molecular flexibility index (Phi) is 7.33. The molecule has 1 fully saturated rings. The van der Waals surface area contributed by atoms with Crippen LogP contribution in [0.4, 0.5) is 14.9 Å². The zero-order chi connectivity index (χ0) is 21.6. The van der Waals surface area contributed by atoms with Crippen molar-refractivity contribution in [1.29, 1.82) is 5.41 Å². The van der Waals surface area contributed by atoms with Crippen molar-refractivity contribution in [2.45, 2.75) is 26.4 Å². The number of carbonyl (C=O) groups is 2. The molecule has 9 heteroatoms. The minimum Gasteiger partial charge on any atom is -0.444 e. The third kappa shape index (κ3) is 6.86. The van der Waals surface area contributed by atoms with Crippen LogP contribution >= 0.6 is 0 Å². The average Bonchev–Trinajstić information content (AvgIpc) is 2.66. The first-order valence-electron chi connectivity index (χ1n) is 9.29. The van der Waals surface area contributed by atoms with Crippen molar-refractivity contribution in [3.63, 3.8) is 0 Å². The zero-order valence-electron chi connectivity index (χ0n) is 16.9. The molecule has 1 heterocycles. The van der Waals surface area contributed by atoms with Crippen LogP contribution in [0.1, 0.15) is 20.8 Å². The van der Waals surface area contributed by atoms with E-state index in [0.717, 1.165) is 0 Å². The number of nitrogens with one attached hydrogen (secondary N) is 2. The molecule has 0 radical (unpaired) electrons. The Morgan fingerprint density at radius 3 is 2.24 bits per heavy atom. The molecule has 1 aromatic carbocycles. The van der Waals surface area contributed by atoms with Gasteiger partial charge in [-0.1, -0.05) is 0 Å². The fourth-order valence-electron chi connectivity index (χ4n) is 2.74. The second kappa shape index (κ2) is 9.51. The third-order valence-electron chi connectivity index (χ3n) is 4.12. The van der Waals surface area contributed by atoms with Crippen molar-refractivity contribution >= 4 is 23.4 Å². The Bertz CT molecular complexity index is 779. The number of carbonyl (C=O) groups excluding carboxylic acids is 2. The Balaban J connectivity index is 2.04. The van der Waals surface area contributed by atoms with Crippen LogP contribution < -0.4 is 5.32 Å². The van der Waals surface area contributed by atoms with Crippen molar-refractivity contribution in [2.24, 2.45) is 0 Å². The quantitative estimate of drug-likeness (QED) is 0.514. The molecule has 0 unspecified atom stereocenters. The number of hydrogen-bond donors (Lipinski definition) is 3. The smallest absolute Gasteiger partial charge is 0.410 e. The molecule has 2 rings (SSSR count). The standard InChI is InChI=1S/C20H27FN4O4/c1-20(2,3)29-19(28)25-10-8-24(9-11-25)17(16(22)13-26)12-18(27)23-15-6-4-14(21)5-7-15/h4-7,12,22,26H,8-11,13H2,1-3H3,(H,23,27)/b17-12+,22-16?. The Labute approximate surface area is 169 Å². The molecule has 1 aliphatic rings. The van der Waals surface area contributed by atoms with Crippen LogP contribution in [-0.2, 0) is 9.53 Å². The van der Waals surface area contributed by atoms with Gasteiger partial charge in [-0.2, -0.15) is 0 Å². The summed E-state index contributed by atoms with van der Waals surface area (Å²) in [6.07, 6.45) is 0.819. The van der Waals surface area contributed by atoms with Crippen LogP contribution in [0.25, 0.3) is 0 Å². The van der Waals surface area contributed by atoms with Gasteiger partial charge in [0, 0.05) is 37.9 Å². The SMILES string of the molecule is CC(C)(C)OC(=O)N1CCN(/C(=C/C(=O)Nc2ccc(F)cc2)C(=N)CO)CC1. The van der Waals surface area contributed by atoms with E-state index in [1.54, 1.807) is 30.6 Å². The van der Waals surface area contributed by atoms with Gasteiger partial charge in [-0.15, -0.1) is 0 Å². The number of rotatable bonds is 5. The number of hydrogen-bond acceptors (Lipinski definition) is 6. The first-order valence-corrected chi connectivity index (χ1v) is 9.29. The number of aliphatic hydroxyl groups is 1. The second-order valence-electron chi connectivity index (χ2n) is 7.62. The summed E-state index contributed by atoms with van der Waals surface area (Å²) in [5.41, 5.74) is -0.00491. The van der Waals surface area contributed by atoms with E-state index in [4.69, 9.17) is 10.1 Å². The number of piperazine rings is 1. The van der Waals surface area contributed by atoms with E-state index in [1.807, 2.05) is 0 Å². The summed E-state index contributed by atoms with van der Waals surface area (Å²) in [5, 5.41) is 20.0. The van der Waals surface area contributed by atoms with Gasteiger partial charge in [0.15, 0.2) is 0 Å². The van der Waals surface area contributed by atoms with Gasteiger partial charge < -0.3 is 30.4 Å². The average molecular weight is 406 g/mol. The fraction of sp³-hybridized carbons (Fsp3) is 0.450. The number of amides is 2. The van der Waals surface area contributed by atoms with Gasteiger partial charge in [0.05, 0.1) is 18.0 Å². The fourth-order valence-corrected chi connectivity index (χ4v) is 2.74. The highest BCUT2D eigenvalue weighted by Crippen LogP contribution is 2.16. The number of anilines is 1. The van der Waals surface area contributed by atoms with Gasteiger partial charge in [-0.3, -0.25) is 4.79 Å². The number of ether oxygens (including phenoxy) is 1. The molecule has 158 valence electrons. The summed E-state index contributed by atoms with van der Waals surface area (Å²) in [6, 6.07) is 5.31. The molecule has 0 bridgehead atoms. The summed E-state index contributed by atoms with van der Waals surface area (Å²) in [6.45, 7) is 6.37. The van der Waals surface area contributed by atoms with Crippen molar-refractivity contribution in [3.05, 3.63) is 41.9 Å². The molecule has 1 aromatic rings. The normalized spacial score (nSPS) is 15.1. The second-order valence-corrected chi connectivity index (χ2v) is 7.62. The van der Waals surface area contributed by atoms with Crippen molar-refractivity contribution in [3.8, 4) is 0 Å². The Hall–Kier alpha value is -2.94. The largest absolute Gasteiger partial charge is 0.444 e. The van der Waals surface area contributed by atoms with Crippen LogP contribution in [0.3, 0.4) is 0 Å². The van der Waals surface area contributed by atoms with E-state index in [0.29, 0.717) is 31.9 Å². The Morgan fingerprint density at radius 2 is 1.72 bits per heavy atom. The number of nitrogens with zero attached hydrogens (tertiary/aromatic N) is 2. The molecule has 0 atom stereocenters. The van der Waals surface area contributed by atoms with Gasteiger partial charge in [0.2, 0.25) is 0 Å². The molecule has 0 spiro atoms. The lowest BCUT2D eigenvalue weighted by atomic mass is 10.2. The van der Waals surface area contributed by atoms with Gasteiger partial charge in [0.25, 0.3) is 5.91 Å². The molecular weight excluding hydrogens is 379 g/mol. The van der Waals surface area contributed by atoms with Crippen molar-refractivity contribution in [2.75, 3.05) is 38.1 Å². The summed E-state index contributed by atoms with van der Waals surface area (Å²) < 4.78 is 18.3.